The second kappa shape index (κ2) is 6.29. The molecule has 0 amide bonds. The Kier molecular flexibility index (Phi) is 4.39. The van der Waals surface area contributed by atoms with Crippen molar-refractivity contribution in [1.82, 2.24) is 5.32 Å². The van der Waals surface area contributed by atoms with Crippen molar-refractivity contribution >= 4 is 17.2 Å². The average molecular weight is 318 g/mol. The molecule has 116 valence electrons. The summed E-state index contributed by atoms with van der Waals surface area (Å²) in [5.41, 5.74) is 4.47. The van der Waals surface area contributed by atoms with Crippen LogP contribution in [-0.2, 0) is 0 Å². The Morgan fingerprint density at radius 1 is 1.45 bits per heavy atom. The number of hydrogen-bond donors (Lipinski definition) is 2. The Balaban J connectivity index is 2.17. The van der Waals surface area contributed by atoms with E-state index in [1.165, 1.54) is 5.57 Å². The van der Waals surface area contributed by atoms with Crippen LogP contribution in [-0.4, -0.2) is 24.8 Å². The lowest BCUT2D eigenvalue weighted by Crippen LogP contribution is -2.25. The summed E-state index contributed by atoms with van der Waals surface area (Å²) in [6.07, 6.45) is 6.77. The van der Waals surface area contributed by atoms with Crippen molar-refractivity contribution in [2.24, 2.45) is 5.92 Å². The summed E-state index contributed by atoms with van der Waals surface area (Å²) in [6.45, 7) is 2.25. The summed E-state index contributed by atoms with van der Waals surface area (Å²) < 4.78 is 5.90. The van der Waals surface area contributed by atoms with Gasteiger partial charge >= 0.3 is 0 Å². The van der Waals surface area contributed by atoms with E-state index in [2.05, 4.69) is 24.4 Å². The van der Waals surface area contributed by atoms with Gasteiger partial charge in [0, 0.05) is 34.7 Å². The third-order valence-corrected chi connectivity index (χ3v) is 4.59. The van der Waals surface area contributed by atoms with Crippen LogP contribution in [0, 0.1) is 5.92 Å². The number of nitrogens with one attached hydrogen (secondary N) is 1. The molecule has 0 saturated carbocycles. The zero-order valence-electron chi connectivity index (χ0n) is 12.8. The molecular formula is C18H20ClNO2. The van der Waals surface area contributed by atoms with Gasteiger partial charge < -0.3 is 15.2 Å². The molecule has 3 rings (SSSR count). The van der Waals surface area contributed by atoms with Crippen molar-refractivity contribution in [3.63, 3.8) is 0 Å². The van der Waals surface area contributed by atoms with Gasteiger partial charge in [-0.25, -0.2) is 0 Å². The Morgan fingerprint density at radius 2 is 2.27 bits per heavy atom. The number of allylic oxidation sites excluding steroid dienone is 2. The maximum atomic E-state index is 9.52. The Bertz CT molecular complexity index is 676. The summed E-state index contributed by atoms with van der Waals surface area (Å²) in [6, 6.07) is 5.85. The predicted octanol–water partition coefficient (Wildman–Crippen LogP) is 3.55. The van der Waals surface area contributed by atoms with E-state index in [1.807, 2.05) is 31.5 Å². The number of fused-ring (bicyclic) bond motifs is 2. The summed E-state index contributed by atoms with van der Waals surface area (Å²) in [4.78, 5) is 0. The minimum absolute atomic E-state index is 0.134. The third kappa shape index (κ3) is 2.72. The van der Waals surface area contributed by atoms with Gasteiger partial charge in [-0.05, 0) is 49.7 Å². The van der Waals surface area contributed by atoms with Crippen molar-refractivity contribution in [3.05, 3.63) is 58.3 Å². The molecule has 2 aliphatic rings. The highest BCUT2D eigenvalue weighted by Crippen LogP contribution is 2.42. The van der Waals surface area contributed by atoms with E-state index in [1.54, 1.807) is 0 Å². The van der Waals surface area contributed by atoms with E-state index in [4.69, 9.17) is 16.3 Å². The molecule has 4 heteroatoms. The number of likely N-dealkylation sites (N-methyl/N-ethyl adjacent to an activating group) is 1. The second-order valence-corrected chi connectivity index (χ2v) is 6.18. The molecule has 0 saturated heterocycles. The monoisotopic (exact) mass is 317 g/mol. The summed E-state index contributed by atoms with van der Waals surface area (Å²) >= 11 is 6.18. The topological polar surface area (TPSA) is 41.5 Å². The van der Waals surface area contributed by atoms with Crippen LogP contribution in [0.2, 0.25) is 5.02 Å². The molecule has 0 spiro atoms. The molecule has 2 N–H and O–H groups in total. The Morgan fingerprint density at radius 3 is 3.00 bits per heavy atom. The first-order valence-corrected chi connectivity index (χ1v) is 7.88. The number of rotatable bonds is 3. The van der Waals surface area contributed by atoms with Gasteiger partial charge in [0.1, 0.15) is 5.75 Å². The molecule has 1 aliphatic carbocycles. The SMILES string of the molecule is CN[C@@H](C)C1=COc2ccc(Cl)cc2C2=C1C=CC(CO)C2. The largest absolute Gasteiger partial charge is 0.464 e. The summed E-state index contributed by atoms with van der Waals surface area (Å²) in [5.74, 6) is 0.942. The van der Waals surface area contributed by atoms with Crippen molar-refractivity contribution in [3.8, 4) is 5.75 Å². The van der Waals surface area contributed by atoms with Crippen molar-refractivity contribution in [2.45, 2.75) is 19.4 Å². The first-order valence-electron chi connectivity index (χ1n) is 7.50. The van der Waals surface area contributed by atoms with Crippen LogP contribution in [0.25, 0.3) is 5.57 Å². The highest BCUT2D eigenvalue weighted by Gasteiger charge is 2.26. The molecule has 0 radical (unpaired) electrons. The highest BCUT2D eigenvalue weighted by molar-refractivity contribution is 6.30. The first-order chi connectivity index (χ1) is 10.6. The van der Waals surface area contributed by atoms with Gasteiger partial charge in [0.05, 0.1) is 6.26 Å². The molecule has 1 aromatic rings. The van der Waals surface area contributed by atoms with Crippen LogP contribution >= 0.6 is 11.6 Å². The van der Waals surface area contributed by atoms with Crippen molar-refractivity contribution in [1.29, 1.82) is 0 Å². The Labute approximate surface area is 135 Å². The van der Waals surface area contributed by atoms with Crippen LogP contribution < -0.4 is 10.1 Å². The molecule has 1 unspecified atom stereocenters. The average Bonchev–Trinajstić information content (AvgIpc) is 2.70. The molecule has 2 atom stereocenters. The van der Waals surface area contributed by atoms with Gasteiger partial charge in [0.2, 0.25) is 0 Å². The normalized spacial score (nSPS) is 21.5. The first kappa shape index (κ1) is 15.3. The molecule has 0 aromatic heterocycles. The molecule has 0 bridgehead atoms. The number of benzene rings is 1. The van der Waals surface area contributed by atoms with Crippen molar-refractivity contribution in [2.75, 3.05) is 13.7 Å². The van der Waals surface area contributed by atoms with E-state index in [0.29, 0.717) is 5.02 Å². The fraction of sp³-hybridized carbons (Fsp3) is 0.333. The van der Waals surface area contributed by atoms with Crippen molar-refractivity contribution < 1.29 is 9.84 Å². The molecule has 1 aromatic carbocycles. The lowest BCUT2D eigenvalue weighted by atomic mass is 9.82. The van der Waals surface area contributed by atoms with Gasteiger partial charge in [-0.3, -0.25) is 0 Å². The second-order valence-electron chi connectivity index (χ2n) is 5.74. The third-order valence-electron chi connectivity index (χ3n) is 4.35. The molecule has 3 nitrogen and oxygen atoms in total. The summed E-state index contributed by atoms with van der Waals surface area (Å²) in [7, 11) is 1.93. The van der Waals surface area contributed by atoms with E-state index >= 15 is 0 Å². The van der Waals surface area contributed by atoms with E-state index < -0.39 is 0 Å². The van der Waals surface area contributed by atoms with Crippen LogP contribution in [0.1, 0.15) is 18.9 Å². The quantitative estimate of drug-likeness (QED) is 0.896. The number of ether oxygens (including phenoxy) is 1. The van der Waals surface area contributed by atoms with Gasteiger partial charge in [0.15, 0.2) is 0 Å². The standard InChI is InChI=1S/C18H20ClNO2/c1-11(20-2)17-10-22-18-6-4-13(19)8-16(18)15-7-12(9-21)3-5-14(15)17/h3-6,8,10-12,20-21H,7,9H2,1-2H3/t11-,12?/m0/s1. The Hall–Kier alpha value is -1.55. The number of halogens is 1. The zero-order chi connectivity index (χ0) is 15.7. The highest BCUT2D eigenvalue weighted by atomic mass is 35.5. The van der Waals surface area contributed by atoms with Crippen LogP contribution in [0.3, 0.4) is 0 Å². The predicted molar refractivity (Wildman–Crippen MR) is 89.9 cm³/mol. The van der Waals surface area contributed by atoms with E-state index in [-0.39, 0.29) is 18.6 Å². The summed E-state index contributed by atoms with van der Waals surface area (Å²) in [5, 5.41) is 13.5. The van der Waals surface area contributed by atoms with E-state index in [9.17, 15) is 5.11 Å². The van der Waals surface area contributed by atoms with Gasteiger partial charge in [-0.15, -0.1) is 0 Å². The maximum absolute atomic E-state index is 9.52. The zero-order valence-corrected chi connectivity index (χ0v) is 13.5. The maximum Gasteiger partial charge on any atom is 0.134 e. The fourth-order valence-electron chi connectivity index (χ4n) is 2.95. The van der Waals surface area contributed by atoms with Gasteiger partial charge in [0.25, 0.3) is 0 Å². The minimum Gasteiger partial charge on any atom is -0.464 e. The number of aliphatic hydroxyl groups is 1. The molecule has 1 aliphatic heterocycles. The number of aliphatic hydroxyl groups excluding tert-OH is 1. The lowest BCUT2D eigenvalue weighted by Gasteiger charge is -2.24. The number of hydrogen-bond acceptors (Lipinski definition) is 3. The van der Waals surface area contributed by atoms with Gasteiger partial charge in [-0.1, -0.05) is 23.8 Å². The molecular weight excluding hydrogens is 298 g/mol. The molecule has 0 fully saturated rings. The van der Waals surface area contributed by atoms with Crippen LogP contribution in [0.4, 0.5) is 0 Å². The fourth-order valence-corrected chi connectivity index (χ4v) is 3.12. The molecule has 22 heavy (non-hydrogen) atoms. The minimum atomic E-state index is 0.134. The van der Waals surface area contributed by atoms with E-state index in [0.717, 1.165) is 28.9 Å². The molecule has 1 heterocycles. The van der Waals surface area contributed by atoms with Gasteiger partial charge in [-0.2, -0.15) is 0 Å². The smallest absolute Gasteiger partial charge is 0.134 e. The van der Waals surface area contributed by atoms with Crippen LogP contribution in [0.5, 0.6) is 5.75 Å². The lowest BCUT2D eigenvalue weighted by molar-refractivity contribution is 0.254. The van der Waals surface area contributed by atoms with Crippen LogP contribution in [0.15, 0.2) is 47.8 Å².